The minimum atomic E-state index is 0.464. The van der Waals surface area contributed by atoms with E-state index in [0.29, 0.717) is 19.7 Å². The standard InChI is InChI=1S/C20H23N5OS/c1-15-11-23-19(27-15)13-25-20(21-2)24-12-16-6-8-18(9-7-16)26-14-17-5-3-4-10-22-17/h3-11H,12-14H2,1-2H3,(H2,21,24,25). The third-order valence-corrected chi connectivity index (χ3v) is 4.71. The number of thiazole rings is 1. The highest BCUT2D eigenvalue weighted by Crippen LogP contribution is 2.14. The summed E-state index contributed by atoms with van der Waals surface area (Å²) in [6.07, 6.45) is 3.65. The Hall–Kier alpha value is -2.93. The smallest absolute Gasteiger partial charge is 0.191 e. The molecule has 3 aromatic rings. The molecule has 0 amide bonds. The first-order valence-electron chi connectivity index (χ1n) is 8.70. The van der Waals surface area contributed by atoms with Crippen molar-refractivity contribution in [3.05, 3.63) is 76.0 Å². The Morgan fingerprint density at radius 2 is 1.89 bits per heavy atom. The molecule has 0 spiro atoms. The lowest BCUT2D eigenvalue weighted by molar-refractivity contribution is 0.301. The SMILES string of the molecule is CN=C(NCc1ccc(OCc2ccccn2)cc1)NCc1ncc(C)s1. The van der Waals surface area contributed by atoms with Gasteiger partial charge in [0.05, 0.1) is 12.2 Å². The third-order valence-electron chi connectivity index (χ3n) is 3.80. The highest BCUT2D eigenvalue weighted by Gasteiger charge is 2.03. The minimum Gasteiger partial charge on any atom is -0.487 e. The van der Waals surface area contributed by atoms with Crippen molar-refractivity contribution < 1.29 is 4.74 Å². The molecule has 0 aliphatic heterocycles. The minimum absolute atomic E-state index is 0.464. The second-order valence-electron chi connectivity index (χ2n) is 5.90. The normalized spacial score (nSPS) is 11.3. The van der Waals surface area contributed by atoms with Crippen LogP contribution in [0.15, 0.2) is 59.9 Å². The molecule has 0 unspecified atom stereocenters. The molecule has 2 N–H and O–H groups in total. The number of nitrogens with one attached hydrogen (secondary N) is 2. The molecule has 2 aromatic heterocycles. The van der Waals surface area contributed by atoms with Gasteiger partial charge in [0, 0.05) is 30.9 Å². The van der Waals surface area contributed by atoms with Gasteiger partial charge in [0.15, 0.2) is 5.96 Å². The van der Waals surface area contributed by atoms with Crippen molar-refractivity contribution in [2.24, 2.45) is 4.99 Å². The fourth-order valence-corrected chi connectivity index (χ4v) is 3.12. The van der Waals surface area contributed by atoms with Crippen LogP contribution in [0.4, 0.5) is 0 Å². The second kappa shape index (κ2) is 9.68. The van der Waals surface area contributed by atoms with E-state index < -0.39 is 0 Å². The molecule has 0 aliphatic rings. The monoisotopic (exact) mass is 381 g/mol. The molecule has 27 heavy (non-hydrogen) atoms. The average Bonchev–Trinajstić information content (AvgIpc) is 3.13. The predicted molar refractivity (Wildman–Crippen MR) is 109 cm³/mol. The Kier molecular flexibility index (Phi) is 6.76. The van der Waals surface area contributed by atoms with Crippen molar-refractivity contribution in [1.29, 1.82) is 0 Å². The van der Waals surface area contributed by atoms with Gasteiger partial charge in [0.25, 0.3) is 0 Å². The van der Waals surface area contributed by atoms with Gasteiger partial charge in [-0.25, -0.2) is 4.98 Å². The number of aliphatic imine (C=N–C) groups is 1. The molecule has 0 aliphatic carbocycles. The van der Waals surface area contributed by atoms with Crippen LogP contribution in [0.5, 0.6) is 5.75 Å². The zero-order valence-corrected chi connectivity index (χ0v) is 16.3. The van der Waals surface area contributed by atoms with E-state index in [9.17, 15) is 0 Å². The summed E-state index contributed by atoms with van der Waals surface area (Å²) in [7, 11) is 1.76. The molecule has 0 radical (unpaired) electrons. The number of guanidine groups is 1. The number of ether oxygens (including phenoxy) is 1. The van der Waals surface area contributed by atoms with Crippen molar-refractivity contribution in [3.8, 4) is 5.75 Å². The van der Waals surface area contributed by atoms with Gasteiger partial charge >= 0.3 is 0 Å². The van der Waals surface area contributed by atoms with Crippen molar-refractivity contribution in [3.63, 3.8) is 0 Å². The Bertz CT molecular complexity index is 862. The van der Waals surface area contributed by atoms with Gasteiger partial charge in [-0.3, -0.25) is 9.98 Å². The van der Waals surface area contributed by atoms with E-state index in [-0.39, 0.29) is 0 Å². The number of aryl methyl sites for hydroxylation is 1. The molecule has 0 atom stereocenters. The van der Waals surface area contributed by atoms with E-state index in [1.807, 2.05) is 48.7 Å². The van der Waals surface area contributed by atoms with E-state index in [1.165, 1.54) is 4.88 Å². The molecule has 0 saturated heterocycles. The average molecular weight is 382 g/mol. The van der Waals surface area contributed by atoms with Crippen molar-refractivity contribution >= 4 is 17.3 Å². The number of hydrogen-bond acceptors (Lipinski definition) is 5. The Labute approximate surface area is 163 Å². The Balaban J connectivity index is 1.44. The van der Waals surface area contributed by atoms with E-state index >= 15 is 0 Å². The number of nitrogens with zero attached hydrogens (tertiary/aromatic N) is 3. The zero-order valence-electron chi connectivity index (χ0n) is 15.5. The zero-order chi connectivity index (χ0) is 18.9. The first-order chi connectivity index (χ1) is 13.2. The van der Waals surface area contributed by atoms with Gasteiger partial charge in [-0.1, -0.05) is 18.2 Å². The molecule has 140 valence electrons. The van der Waals surface area contributed by atoms with Gasteiger partial charge in [-0.05, 0) is 36.8 Å². The first-order valence-corrected chi connectivity index (χ1v) is 9.52. The molecule has 3 rings (SSSR count). The molecule has 0 saturated carbocycles. The van der Waals surface area contributed by atoms with E-state index in [2.05, 4.69) is 32.5 Å². The molecule has 0 bridgehead atoms. The first kappa shape index (κ1) is 18.8. The number of aromatic nitrogens is 2. The molecular formula is C20H23N5OS. The van der Waals surface area contributed by atoms with E-state index in [0.717, 1.165) is 28.0 Å². The van der Waals surface area contributed by atoms with Gasteiger partial charge in [0.2, 0.25) is 0 Å². The summed E-state index contributed by atoms with van der Waals surface area (Å²) < 4.78 is 5.76. The van der Waals surface area contributed by atoms with Crippen LogP contribution in [0.1, 0.15) is 21.1 Å². The van der Waals surface area contributed by atoms with Crippen LogP contribution < -0.4 is 15.4 Å². The van der Waals surface area contributed by atoms with Crippen LogP contribution in [0.25, 0.3) is 0 Å². The van der Waals surface area contributed by atoms with Crippen molar-refractivity contribution in [1.82, 2.24) is 20.6 Å². The number of hydrogen-bond donors (Lipinski definition) is 2. The summed E-state index contributed by atoms with van der Waals surface area (Å²) in [6.45, 7) is 3.86. The highest BCUT2D eigenvalue weighted by molar-refractivity contribution is 7.11. The summed E-state index contributed by atoms with van der Waals surface area (Å²) in [4.78, 5) is 14.0. The predicted octanol–water partition coefficient (Wildman–Crippen LogP) is 3.29. The molecule has 0 fully saturated rings. The maximum atomic E-state index is 5.76. The Morgan fingerprint density at radius 3 is 2.56 bits per heavy atom. The fraction of sp³-hybridized carbons (Fsp3) is 0.250. The summed E-state index contributed by atoms with van der Waals surface area (Å²) in [5, 5.41) is 7.63. The lowest BCUT2D eigenvalue weighted by atomic mass is 10.2. The second-order valence-corrected chi connectivity index (χ2v) is 7.22. The lowest BCUT2D eigenvalue weighted by Gasteiger charge is -2.11. The number of pyridine rings is 1. The highest BCUT2D eigenvalue weighted by atomic mass is 32.1. The van der Waals surface area contributed by atoms with Crippen molar-refractivity contribution in [2.75, 3.05) is 7.05 Å². The molecular weight excluding hydrogens is 358 g/mol. The summed E-state index contributed by atoms with van der Waals surface area (Å²) in [5.41, 5.74) is 2.06. The van der Waals surface area contributed by atoms with Crippen molar-refractivity contribution in [2.45, 2.75) is 26.6 Å². The van der Waals surface area contributed by atoms with Crippen LogP contribution in [-0.4, -0.2) is 23.0 Å². The molecule has 1 aromatic carbocycles. The quantitative estimate of drug-likeness (QED) is 0.485. The summed E-state index contributed by atoms with van der Waals surface area (Å²) >= 11 is 1.68. The van der Waals surface area contributed by atoms with Crippen LogP contribution in [-0.2, 0) is 19.7 Å². The molecule has 2 heterocycles. The maximum Gasteiger partial charge on any atom is 0.191 e. The third kappa shape index (κ3) is 6.07. The number of benzene rings is 1. The van der Waals surface area contributed by atoms with Crippen LogP contribution in [0, 0.1) is 6.92 Å². The lowest BCUT2D eigenvalue weighted by Crippen LogP contribution is -2.36. The maximum absolute atomic E-state index is 5.76. The fourth-order valence-electron chi connectivity index (χ4n) is 2.39. The van der Waals surface area contributed by atoms with Crippen LogP contribution in [0.3, 0.4) is 0 Å². The topological polar surface area (TPSA) is 71.4 Å². The van der Waals surface area contributed by atoms with Gasteiger partial charge < -0.3 is 15.4 Å². The van der Waals surface area contributed by atoms with Crippen LogP contribution >= 0.6 is 11.3 Å². The summed E-state index contributed by atoms with van der Waals surface area (Å²) in [6, 6.07) is 13.8. The van der Waals surface area contributed by atoms with Crippen LogP contribution in [0.2, 0.25) is 0 Å². The van der Waals surface area contributed by atoms with E-state index in [1.54, 1.807) is 24.6 Å². The van der Waals surface area contributed by atoms with E-state index in [4.69, 9.17) is 4.74 Å². The van der Waals surface area contributed by atoms with Gasteiger partial charge in [0.1, 0.15) is 17.4 Å². The van der Waals surface area contributed by atoms with Gasteiger partial charge in [-0.15, -0.1) is 11.3 Å². The Morgan fingerprint density at radius 1 is 1.07 bits per heavy atom. The molecule has 6 nitrogen and oxygen atoms in total. The largest absolute Gasteiger partial charge is 0.487 e. The summed E-state index contributed by atoms with van der Waals surface area (Å²) in [5.74, 6) is 1.57. The molecule has 7 heteroatoms. The number of rotatable bonds is 7. The van der Waals surface area contributed by atoms with Gasteiger partial charge in [-0.2, -0.15) is 0 Å².